The average Bonchev–Trinajstić information content (AvgIpc) is 2.79. The van der Waals surface area contributed by atoms with E-state index < -0.39 is 6.04 Å². The molecule has 20 heavy (non-hydrogen) atoms. The zero-order valence-corrected chi connectivity index (χ0v) is 11.3. The molecule has 2 aromatic rings. The van der Waals surface area contributed by atoms with E-state index in [-0.39, 0.29) is 11.8 Å². The molecule has 0 spiro atoms. The Balaban J connectivity index is 2.17. The molecule has 1 fully saturated rings. The van der Waals surface area contributed by atoms with E-state index in [2.05, 4.69) is 10.3 Å². The van der Waals surface area contributed by atoms with E-state index in [4.69, 9.17) is 4.74 Å². The molecule has 104 valence electrons. The summed E-state index contributed by atoms with van der Waals surface area (Å²) in [6.07, 6.45) is 0.783. The van der Waals surface area contributed by atoms with Gasteiger partial charge in [0.1, 0.15) is 6.04 Å². The Morgan fingerprint density at radius 2 is 2.20 bits per heavy atom. The number of para-hydroxylation sites is 1. The van der Waals surface area contributed by atoms with Gasteiger partial charge in [-0.05, 0) is 25.0 Å². The normalized spacial score (nSPS) is 19.2. The lowest BCUT2D eigenvalue weighted by Gasteiger charge is -2.23. The fraction of sp³-hybridized carbons (Fsp3) is 0.357. The van der Waals surface area contributed by atoms with Gasteiger partial charge in [-0.2, -0.15) is 4.98 Å². The number of hydrogen-bond acceptors (Lipinski definition) is 4. The second-order valence-electron chi connectivity index (χ2n) is 4.88. The van der Waals surface area contributed by atoms with Crippen molar-refractivity contribution in [1.82, 2.24) is 14.9 Å². The van der Waals surface area contributed by atoms with Crippen LogP contribution in [0.2, 0.25) is 0 Å². The van der Waals surface area contributed by atoms with Crippen molar-refractivity contribution in [2.45, 2.75) is 25.8 Å². The van der Waals surface area contributed by atoms with Gasteiger partial charge in [-0.1, -0.05) is 12.1 Å². The summed E-state index contributed by atoms with van der Waals surface area (Å²) < 4.78 is 7.07. The molecule has 0 radical (unpaired) electrons. The predicted octanol–water partition coefficient (Wildman–Crippen LogP) is 1.33. The number of ether oxygens (including phenoxy) is 1. The molecule has 0 aliphatic carbocycles. The lowest BCUT2D eigenvalue weighted by atomic mass is 10.1. The van der Waals surface area contributed by atoms with Crippen molar-refractivity contribution >= 4 is 22.8 Å². The number of carbonyl (C=O) groups excluding carboxylic acids is 2. The minimum Gasteiger partial charge on any atom is -0.468 e. The molecular formula is C14H15N3O3. The monoisotopic (exact) mass is 273 g/mol. The molecule has 1 aromatic carbocycles. The first-order chi connectivity index (χ1) is 9.61. The number of rotatable bonds is 2. The first-order valence-corrected chi connectivity index (χ1v) is 6.47. The number of imide groups is 1. The van der Waals surface area contributed by atoms with Crippen molar-refractivity contribution < 1.29 is 14.3 Å². The molecule has 6 nitrogen and oxygen atoms in total. The van der Waals surface area contributed by atoms with Crippen molar-refractivity contribution in [1.29, 1.82) is 0 Å². The third-order valence-corrected chi connectivity index (χ3v) is 3.59. The molecule has 2 heterocycles. The summed E-state index contributed by atoms with van der Waals surface area (Å²) in [4.78, 5) is 27.8. The van der Waals surface area contributed by atoms with E-state index in [9.17, 15) is 9.59 Å². The second kappa shape index (κ2) is 4.63. The number of fused-ring (bicyclic) bond motifs is 1. The highest BCUT2D eigenvalue weighted by Crippen LogP contribution is 2.31. The number of amides is 2. The molecule has 2 amide bonds. The molecule has 6 heteroatoms. The molecule has 1 aliphatic rings. The van der Waals surface area contributed by atoms with Crippen LogP contribution in [0.3, 0.4) is 0 Å². The summed E-state index contributed by atoms with van der Waals surface area (Å²) in [6.45, 7) is 1.96. The van der Waals surface area contributed by atoms with Gasteiger partial charge in [-0.25, -0.2) is 0 Å². The molecule has 0 saturated carbocycles. The van der Waals surface area contributed by atoms with Gasteiger partial charge in [-0.3, -0.25) is 19.5 Å². The number of benzene rings is 1. The van der Waals surface area contributed by atoms with Crippen molar-refractivity contribution in [2.75, 3.05) is 7.11 Å². The van der Waals surface area contributed by atoms with Crippen molar-refractivity contribution in [3.63, 3.8) is 0 Å². The van der Waals surface area contributed by atoms with Crippen molar-refractivity contribution in [3.05, 3.63) is 23.8 Å². The topological polar surface area (TPSA) is 73.2 Å². The van der Waals surface area contributed by atoms with Crippen LogP contribution in [-0.2, 0) is 9.59 Å². The summed E-state index contributed by atoms with van der Waals surface area (Å²) >= 11 is 0. The maximum Gasteiger partial charge on any atom is 0.297 e. The molecule has 1 unspecified atom stereocenters. The lowest BCUT2D eigenvalue weighted by Crippen LogP contribution is -2.41. The van der Waals surface area contributed by atoms with E-state index in [1.165, 1.54) is 7.11 Å². The first kappa shape index (κ1) is 12.7. The van der Waals surface area contributed by atoms with Crippen LogP contribution in [0.15, 0.2) is 18.2 Å². The molecule has 0 bridgehead atoms. The molecule has 1 aromatic heterocycles. The molecule has 3 rings (SSSR count). The van der Waals surface area contributed by atoms with Gasteiger partial charge in [0.15, 0.2) is 0 Å². The third kappa shape index (κ3) is 1.84. The quantitative estimate of drug-likeness (QED) is 0.838. The smallest absolute Gasteiger partial charge is 0.297 e. The Kier molecular flexibility index (Phi) is 2.93. The number of hydrogen-bond donors (Lipinski definition) is 1. The van der Waals surface area contributed by atoms with E-state index in [1.807, 2.05) is 25.1 Å². The number of methoxy groups -OCH3 is 1. The van der Waals surface area contributed by atoms with E-state index >= 15 is 0 Å². The summed E-state index contributed by atoms with van der Waals surface area (Å²) in [5, 5.41) is 2.37. The van der Waals surface area contributed by atoms with Gasteiger partial charge >= 0.3 is 0 Å². The number of nitrogens with one attached hydrogen (secondary N) is 1. The predicted molar refractivity (Wildman–Crippen MR) is 72.4 cm³/mol. The van der Waals surface area contributed by atoms with Gasteiger partial charge in [0.25, 0.3) is 6.01 Å². The first-order valence-electron chi connectivity index (χ1n) is 6.47. The highest BCUT2D eigenvalue weighted by Gasteiger charge is 2.31. The van der Waals surface area contributed by atoms with Crippen LogP contribution in [0.5, 0.6) is 6.01 Å². The van der Waals surface area contributed by atoms with Crippen LogP contribution in [0, 0.1) is 6.92 Å². The van der Waals surface area contributed by atoms with Crippen LogP contribution >= 0.6 is 0 Å². The standard InChI is InChI=1S/C14H15N3O3/c1-8-4-3-5-9-12(8)16-14(20-2)17(9)10-6-7-11(18)15-13(10)19/h3-5,10H,6-7H2,1-2H3,(H,15,18,19). The van der Waals surface area contributed by atoms with E-state index in [1.54, 1.807) is 4.57 Å². The Morgan fingerprint density at radius 3 is 2.90 bits per heavy atom. The number of piperidine rings is 1. The van der Waals surface area contributed by atoms with Gasteiger partial charge in [0.05, 0.1) is 18.1 Å². The van der Waals surface area contributed by atoms with Gasteiger partial charge in [0, 0.05) is 6.42 Å². The fourth-order valence-corrected chi connectivity index (χ4v) is 2.61. The van der Waals surface area contributed by atoms with Crippen LogP contribution in [0.4, 0.5) is 0 Å². The van der Waals surface area contributed by atoms with Crippen LogP contribution in [-0.4, -0.2) is 28.5 Å². The van der Waals surface area contributed by atoms with Crippen molar-refractivity contribution in [2.24, 2.45) is 0 Å². The molecule has 1 aliphatic heterocycles. The van der Waals surface area contributed by atoms with E-state index in [0.29, 0.717) is 18.9 Å². The maximum absolute atomic E-state index is 12.1. The second-order valence-corrected chi connectivity index (χ2v) is 4.88. The SMILES string of the molecule is COc1nc2c(C)cccc2n1C1CCC(=O)NC1=O. The lowest BCUT2D eigenvalue weighted by molar-refractivity contribution is -0.135. The summed E-state index contributed by atoms with van der Waals surface area (Å²) in [6, 6.07) is 5.71. The average molecular weight is 273 g/mol. The maximum atomic E-state index is 12.1. The number of aryl methyl sites for hydroxylation is 1. The Hall–Kier alpha value is -2.37. The minimum absolute atomic E-state index is 0.231. The Bertz CT molecular complexity index is 705. The van der Waals surface area contributed by atoms with Gasteiger partial charge in [0.2, 0.25) is 11.8 Å². The highest BCUT2D eigenvalue weighted by molar-refractivity contribution is 6.00. The zero-order chi connectivity index (χ0) is 14.3. The fourth-order valence-electron chi connectivity index (χ4n) is 2.61. The number of imidazole rings is 1. The van der Waals surface area contributed by atoms with Gasteiger partial charge in [-0.15, -0.1) is 0 Å². The molecular weight excluding hydrogens is 258 g/mol. The molecule has 1 N–H and O–H groups in total. The van der Waals surface area contributed by atoms with Crippen molar-refractivity contribution in [3.8, 4) is 6.01 Å². The van der Waals surface area contributed by atoms with E-state index in [0.717, 1.165) is 16.6 Å². The van der Waals surface area contributed by atoms with Crippen LogP contribution < -0.4 is 10.1 Å². The largest absolute Gasteiger partial charge is 0.468 e. The molecule has 1 saturated heterocycles. The van der Waals surface area contributed by atoms with Gasteiger partial charge < -0.3 is 4.74 Å². The number of carbonyl (C=O) groups is 2. The summed E-state index contributed by atoms with van der Waals surface area (Å²) in [5.74, 6) is -0.536. The molecule has 1 atom stereocenters. The number of nitrogens with zero attached hydrogens (tertiary/aromatic N) is 2. The van der Waals surface area contributed by atoms with Crippen LogP contribution in [0.25, 0.3) is 11.0 Å². The Labute approximate surface area is 115 Å². The number of aromatic nitrogens is 2. The minimum atomic E-state index is -0.463. The summed E-state index contributed by atoms with van der Waals surface area (Å²) in [7, 11) is 1.53. The van der Waals surface area contributed by atoms with Crippen LogP contribution in [0.1, 0.15) is 24.4 Å². The third-order valence-electron chi connectivity index (χ3n) is 3.59. The Morgan fingerprint density at radius 1 is 1.40 bits per heavy atom. The summed E-state index contributed by atoms with van der Waals surface area (Å²) in [5.41, 5.74) is 2.68. The highest BCUT2D eigenvalue weighted by atomic mass is 16.5. The zero-order valence-electron chi connectivity index (χ0n) is 11.3.